The lowest BCUT2D eigenvalue weighted by molar-refractivity contribution is -0.123. The third kappa shape index (κ3) is 3.35. The predicted octanol–water partition coefficient (Wildman–Crippen LogP) is 4.01. The van der Waals surface area contributed by atoms with Crippen LogP contribution in [0.3, 0.4) is 0 Å². The van der Waals surface area contributed by atoms with Gasteiger partial charge in [0, 0.05) is 15.2 Å². The maximum Gasteiger partial charge on any atom is 0.338 e. The predicted molar refractivity (Wildman–Crippen MR) is 124 cm³/mol. The zero-order valence-corrected chi connectivity index (χ0v) is 20.0. The van der Waals surface area contributed by atoms with E-state index in [2.05, 4.69) is 31.9 Å². The zero-order valence-electron chi connectivity index (χ0n) is 16.8. The molecule has 1 aliphatic heterocycles. The second kappa shape index (κ2) is 8.23. The van der Waals surface area contributed by atoms with Crippen LogP contribution in [0.2, 0.25) is 0 Å². The van der Waals surface area contributed by atoms with Crippen LogP contribution in [0.25, 0.3) is 0 Å². The van der Waals surface area contributed by atoms with Crippen molar-refractivity contribution in [1.29, 1.82) is 0 Å². The molecule has 164 valence electrons. The van der Waals surface area contributed by atoms with Crippen LogP contribution in [0.1, 0.15) is 27.1 Å². The Labute approximate surface area is 201 Å². The highest BCUT2D eigenvalue weighted by molar-refractivity contribution is 9.12. The Kier molecular flexibility index (Phi) is 5.53. The average Bonchev–Trinajstić information content (AvgIpc) is 3.42. The number of nitrogens with zero attached hydrogens (tertiary/aromatic N) is 1. The summed E-state index contributed by atoms with van der Waals surface area (Å²) in [5.74, 6) is -1.83. The lowest BCUT2D eigenvalue weighted by Crippen LogP contribution is -2.37. The molecule has 2 aliphatic carbocycles. The van der Waals surface area contributed by atoms with Crippen LogP contribution in [0.4, 0.5) is 5.69 Å². The normalized spacial score (nSPS) is 30.5. The first kappa shape index (κ1) is 21.5. The number of imide groups is 1. The Balaban J connectivity index is 1.32. The van der Waals surface area contributed by atoms with E-state index in [1.54, 1.807) is 42.5 Å². The van der Waals surface area contributed by atoms with Crippen molar-refractivity contribution in [3.63, 3.8) is 0 Å². The van der Waals surface area contributed by atoms with Gasteiger partial charge in [-0.05, 0) is 36.5 Å². The van der Waals surface area contributed by atoms with Crippen LogP contribution in [-0.4, -0.2) is 39.8 Å². The second-order valence-electron chi connectivity index (χ2n) is 8.43. The fourth-order valence-corrected chi connectivity index (χ4v) is 7.17. The molecule has 32 heavy (non-hydrogen) atoms. The van der Waals surface area contributed by atoms with Gasteiger partial charge in [0.05, 0.1) is 23.1 Å². The van der Waals surface area contributed by atoms with Gasteiger partial charge in [0.15, 0.2) is 12.4 Å². The summed E-state index contributed by atoms with van der Waals surface area (Å²) in [7, 11) is 0. The van der Waals surface area contributed by atoms with E-state index in [4.69, 9.17) is 4.74 Å². The third-order valence-electron chi connectivity index (χ3n) is 6.76. The minimum Gasteiger partial charge on any atom is -0.454 e. The Bertz CT molecular complexity index is 1090. The van der Waals surface area contributed by atoms with Crippen molar-refractivity contribution in [1.82, 2.24) is 0 Å². The van der Waals surface area contributed by atoms with Gasteiger partial charge >= 0.3 is 5.97 Å². The number of hydrogen-bond acceptors (Lipinski definition) is 5. The fraction of sp³-hybridized carbons (Fsp3) is 0.333. The van der Waals surface area contributed by atoms with Crippen molar-refractivity contribution >= 4 is 61.1 Å². The van der Waals surface area contributed by atoms with Gasteiger partial charge in [-0.15, -0.1) is 0 Å². The summed E-state index contributed by atoms with van der Waals surface area (Å²) in [6.45, 7) is -0.387. The molecule has 0 N–H and O–H groups in total. The van der Waals surface area contributed by atoms with Crippen molar-refractivity contribution in [3.05, 3.63) is 65.7 Å². The van der Waals surface area contributed by atoms with Gasteiger partial charge in [0.1, 0.15) is 0 Å². The van der Waals surface area contributed by atoms with Crippen molar-refractivity contribution in [2.45, 2.75) is 16.1 Å². The number of hydrogen-bond donors (Lipinski definition) is 0. The number of alkyl halides is 2. The Hall–Kier alpha value is -2.32. The molecule has 0 unspecified atom stereocenters. The Morgan fingerprint density at radius 1 is 0.875 bits per heavy atom. The summed E-state index contributed by atoms with van der Waals surface area (Å²) in [6.07, 6.45) is 0.855. The number of benzene rings is 2. The lowest BCUT2D eigenvalue weighted by atomic mass is 9.81. The van der Waals surface area contributed by atoms with E-state index in [0.29, 0.717) is 11.3 Å². The topological polar surface area (TPSA) is 80.8 Å². The Morgan fingerprint density at radius 3 is 2.09 bits per heavy atom. The number of esters is 1. The smallest absolute Gasteiger partial charge is 0.338 e. The van der Waals surface area contributed by atoms with E-state index < -0.39 is 5.97 Å². The number of halogens is 2. The van der Waals surface area contributed by atoms with Crippen molar-refractivity contribution < 1.29 is 23.9 Å². The third-order valence-corrected chi connectivity index (χ3v) is 9.96. The number of carbonyl (C=O) groups excluding carboxylic acids is 4. The van der Waals surface area contributed by atoms with Crippen LogP contribution in [0, 0.1) is 23.7 Å². The molecule has 0 radical (unpaired) electrons. The maximum atomic E-state index is 13.2. The SMILES string of the molecule is O=C(COC(=O)c1cccc(N2C(=O)[C@@H]3[C@H]4C[C@@H]([C@H](Br)[C@@H]4Br)[C@@H]3C2=O)c1)c1ccccc1. The number of carbonyl (C=O) groups is 4. The number of amides is 2. The molecule has 3 aliphatic rings. The molecule has 1 saturated heterocycles. The van der Waals surface area contributed by atoms with E-state index in [1.807, 2.05) is 0 Å². The fourth-order valence-electron chi connectivity index (χ4n) is 5.30. The average molecular weight is 561 g/mol. The van der Waals surface area contributed by atoms with E-state index in [1.165, 1.54) is 17.0 Å². The second-order valence-corrected chi connectivity index (χ2v) is 10.5. The molecule has 0 aromatic heterocycles. The summed E-state index contributed by atoms with van der Waals surface area (Å²) in [6, 6.07) is 14.8. The molecule has 2 saturated carbocycles. The van der Waals surface area contributed by atoms with Crippen molar-refractivity contribution in [3.8, 4) is 0 Å². The van der Waals surface area contributed by atoms with Crippen LogP contribution >= 0.6 is 31.9 Å². The van der Waals surface area contributed by atoms with Gasteiger partial charge in [0.2, 0.25) is 11.8 Å². The highest BCUT2D eigenvalue weighted by atomic mass is 79.9. The first-order valence-electron chi connectivity index (χ1n) is 10.4. The van der Waals surface area contributed by atoms with Crippen LogP contribution in [-0.2, 0) is 14.3 Å². The van der Waals surface area contributed by atoms with Gasteiger partial charge in [-0.1, -0.05) is 68.3 Å². The van der Waals surface area contributed by atoms with E-state index in [-0.39, 0.29) is 63.1 Å². The zero-order chi connectivity index (χ0) is 22.6. The molecular weight excluding hydrogens is 542 g/mol. The number of anilines is 1. The van der Waals surface area contributed by atoms with Gasteiger partial charge in [-0.3, -0.25) is 19.3 Å². The first-order valence-corrected chi connectivity index (χ1v) is 12.2. The number of Topliss-reactive ketones (excluding diaryl/α,β-unsaturated/α-hetero) is 1. The van der Waals surface area contributed by atoms with Gasteiger partial charge < -0.3 is 4.74 Å². The van der Waals surface area contributed by atoms with Crippen LogP contribution in [0.5, 0.6) is 0 Å². The molecule has 0 spiro atoms. The van der Waals surface area contributed by atoms with Crippen molar-refractivity contribution in [2.24, 2.45) is 23.7 Å². The van der Waals surface area contributed by atoms with Crippen molar-refractivity contribution in [2.75, 3.05) is 11.5 Å². The highest BCUT2D eigenvalue weighted by Gasteiger charge is 2.66. The minimum atomic E-state index is -0.684. The molecule has 3 fully saturated rings. The largest absolute Gasteiger partial charge is 0.454 e. The van der Waals surface area contributed by atoms with Gasteiger partial charge in [-0.25, -0.2) is 4.79 Å². The lowest BCUT2D eigenvalue weighted by Gasteiger charge is -2.28. The summed E-state index contributed by atoms with van der Waals surface area (Å²) in [4.78, 5) is 52.7. The van der Waals surface area contributed by atoms with Gasteiger partial charge in [-0.2, -0.15) is 0 Å². The Morgan fingerprint density at radius 2 is 1.47 bits per heavy atom. The van der Waals surface area contributed by atoms with Crippen LogP contribution in [0.15, 0.2) is 54.6 Å². The molecule has 8 heteroatoms. The maximum absolute atomic E-state index is 13.2. The quantitative estimate of drug-likeness (QED) is 0.239. The highest BCUT2D eigenvalue weighted by Crippen LogP contribution is 2.60. The van der Waals surface area contributed by atoms with E-state index in [9.17, 15) is 19.2 Å². The molecule has 6 nitrogen and oxygen atoms in total. The molecule has 2 aromatic carbocycles. The molecule has 2 amide bonds. The summed E-state index contributed by atoms with van der Waals surface area (Å²) in [5.41, 5.74) is 0.995. The summed E-state index contributed by atoms with van der Waals surface area (Å²) >= 11 is 7.36. The standard InChI is InChI=1S/C24H19Br2NO5/c25-20-15-10-16(21(20)26)19-18(15)22(29)27(23(19)30)14-8-4-7-13(9-14)24(31)32-11-17(28)12-5-2-1-3-6-12/h1-9,15-16,18-21H,10-11H2/t15-,16-,18-,19+,20-,21+/m1/s1. The van der Waals surface area contributed by atoms with E-state index in [0.717, 1.165) is 6.42 Å². The number of fused-ring (bicyclic) bond motifs is 5. The number of ether oxygens (including phenoxy) is 1. The summed E-state index contributed by atoms with van der Waals surface area (Å²) in [5, 5.41) is 0. The minimum absolute atomic E-state index is 0.118. The summed E-state index contributed by atoms with van der Waals surface area (Å²) < 4.78 is 5.17. The molecular formula is C24H19Br2NO5. The first-order chi connectivity index (χ1) is 15.4. The number of ketones is 1. The monoisotopic (exact) mass is 559 g/mol. The number of rotatable bonds is 5. The van der Waals surface area contributed by atoms with E-state index >= 15 is 0 Å². The molecule has 1 heterocycles. The molecule has 2 bridgehead atoms. The van der Waals surface area contributed by atoms with Crippen LogP contribution < -0.4 is 4.90 Å². The molecule has 5 rings (SSSR count). The molecule has 2 aromatic rings. The molecule has 6 atom stereocenters. The van der Waals surface area contributed by atoms with Gasteiger partial charge in [0.25, 0.3) is 0 Å².